The molecule has 0 bridgehead atoms. The first-order valence-corrected chi connectivity index (χ1v) is 5.99. The topological polar surface area (TPSA) is 46.3 Å². The van der Waals surface area contributed by atoms with E-state index in [1.807, 2.05) is 0 Å². The summed E-state index contributed by atoms with van der Waals surface area (Å²) in [5, 5.41) is 0. The number of fused-ring (bicyclic) bond motifs is 1. The van der Waals surface area contributed by atoms with Crippen molar-refractivity contribution in [1.29, 1.82) is 0 Å². The van der Waals surface area contributed by atoms with Crippen molar-refractivity contribution in [2.24, 2.45) is 17.6 Å². The van der Waals surface area contributed by atoms with Crippen LogP contribution in [-0.4, -0.2) is 33.7 Å². The third kappa shape index (κ3) is 1.78. The van der Waals surface area contributed by atoms with Gasteiger partial charge in [-0.1, -0.05) is 31.9 Å². The van der Waals surface area contributed by atoms with Gasteiger partial charge < -0.3 is 5.73 Å². The van der Waals surface area contributed by atoms with E-state index in [9.17, 15) is 4.79 Å². The van der Waals surface area contributed by atoms with Gasteiger partial charge >= 0.3 is 0 Å². The maximum absolute atomic E-state index is 10.7. The fraction of sp³-hybridized carbons (Fsp3) is 0.875. The number of hydrogen-bond acceptors (Lipinski definition) is 2. The van der Waals surface area contributed by atoms with Gasteiger partial charge in [-0.3, -0.25) is 9.69 Å². The van der Waals surface area contributed by atoms with Crippen LogP contribution in [0.25, 0.3) is 0 Å². The Balaban J connectivity index is 1.90. The average Bonchev–Trinajstić information content (AvgIpc) is 2.53. The maximum atomic E-state index is 10.7. The van der Waals surface area contributed by atoms with Crippen LogP contribution in [0.3, 0.4) is 0 Å². The first-order valence-electron chi connectivity index (χ1n) is 4.40. The molecule has 0 aromatic rings. The summed E-state index contributed by atoms with van der Waals surface area (Å²) in [4.78, 5) is 12.8. The number of nitrogens with zero attached hydrogens (tertiary/aromatic N) is 1. The Labute approximate surface area is 94.3 Å². The summed E-state index contributed by atoms with van der Waals surface area (Å²) in [6.07, 6.45) is 1.15. The number of halogens is 2. The predicted octanol–water partition coefficient (Wildman–Crippen LogP) is 0.910. The highest BCUT2D eigenvalue weighted by Crippen LogP contribution is 2.64. The molecule has 1 saturated heterocycles. The molecule has 0 radical (unpaired) electrons. The maximum Gasteiger partial charge on any atom is 0.231 e. The largest absolute Gasteiger partial charge is 0.369 e. The zero-order chi connectivity index (χ0) is 9.64. The van der Waals surface area contributed by atoms with Crippen LogP contribution in [0.5, 0.6) is 0 Å². The first-order chi connectivity index (χ1) is 6.01. The van der Waals surface area contributed by atoms with Gasteiger partial charge in [0.25, 0.3) is 0 Å². The molecule has 2 N–H and O–H groups in total. The fourth-order valence-electron chi connectivity index (χ4n) is 2.16. The lowest BCUT2D eigenvalue weighted by molar-refractivity contribution is -0.119. The molecule has 0 unspecified atom stereocenters. The number of primary amides is 1. The van der Waals surface area contributed by atoms with E-state index in [0.29, 0.717) is 12.5 Å². The Morgan fingerprint density at radius 3 is 2.77 bits per heavy atom. The Hall–Kier alpha value is 0.390. The highest BCUT2D eigenvalue weighted by Gasteiger charge is 2.63. The molecule has 0 spiro atoms. The molecule has 1 aliphatic heterocycles. The summed E-state index contributed by atoms with van der Waals surface area (Å²) in [7, 11) is 0. The second-order valence-electron chi connectivity index (χ2n) is 3.88. The number of carbonyl (C=O) groups is 1. The van der Waals surface area contributed by atoms with Gasteiger partial charge in [0.05, 0.1) is 9.78 Å². The van der Waals surface area contributed by atoms with E-state index in [-0.39, 0.29) is 9.14 Å². The third-order valence-corrected chi connectivity index (χ3v) is 5.31. The van der Waals surface area contributed by atoms with E-state index in [1.54, 1.807) is 0 Å². The van der Waals surface area contributed by atoms with Crippen LogP contribution in [0.4, 0.5) is 0 Å². The number of piperidine rings is 1. The van der Waals surface area contributed by atoms with Gasteiger partial charge in [-0.05, 0) is 18.9 Å². The van der Waals surface area contributed by atoms with E-state index >= 15 is 0 Å². The van der Waals surface area contributed by atoms with Crippen molar-refractivity contribution in [3.8, 4) is 0 Å². The van der Waals surface area contributed by atoms with Crippen molar-refractivity contribution in [1.82, 2.24) is 4.90 Å². The molecule has 5 heteroatoms. The van der Waals surface area contributed by atoms with E-state index in [4.69, 9.17) is 5.73 Å². The summed E-state index contributed by atoms with van der Waals surface area (Å²) in [5.41, 5.74) is 5.15. The summed E-state index contributed by atoms with van der Waals surface area (Å²) in [5.74, 6) is 1.14. The smallest absolute Gasteiger partial charge is 0.231 e. The second-order valence-corrected chi connectivity index (χ2v) is 7.57. The molecule has 3 nitrogen and oxygen atoms in total. The fourth-order valence-corrected chi connectivity index (χ4v) is 3.92. The molecular formula is C8H12Br2N2O. The summed E-state index contributed by atoms with van der Waals surface area (Å²) < 4.78 is 0.145. The van der Waals surface area contributed by atoms with Crippen molar-refractivity contribution in [2.45, 2.75) is 9.65 Å². The standard InChI is InChI=1S/C8H12Br2N2O/c9-8(10)5-1-2-12(3-6(5)8)4-7(11)13/h5-6H,1-4H2,(H2,11,13)/t5-,6+/m0/s1. The molecule has 2 fully saturated rings. The van der Waals surface area contributed by atoms with Gasteiger partial charge in [-0.25, -0.2) is 0 Å². The van der Waals surface area contributed by atoms with Crippen LogP contribution in [-0.2, 0) is 4.79 Å². The minimum Gasteiger partial charge on any atom is -0.369 e. The first kappa shape index (κ1) is 9.93. The summed E-state index contributed by atoms with van der Waals surface area (Å²) in [6, 6.07) is 0. The number of amides is 1. The van der Waals surface area contributed by atoms with Crippen molar-refractivity contribution in [2.75, 3.05) is 19.6 Å². The lowest BCUT2D eigenvalue weighted by atomic mass is 10.1. The molecular weight excluding hydrogens is 300 g/mol. The zero-order valence-electron chi connectivity index (χ0n) is 7.17. The molecule has 13 heavy (non-hydrogen) atoms. The monoisotopic (exact) mass is 310 g/mol. The van der Waals surface area contributed by atoms with Crippen LogP contribution >= 0.6 is 31.9 Å². The summed E-state index contributed by atoms with van der Waals surface area (Å²) in [6.45, 7) is 2.37. The van der Waals surface area contributed by atoms with Crippen molar-refractivity contribution in [3.05, 3.63) is 0 Å². The molecule has 1 saturated carbocycles. The number of carbonyl (C=O) groups excluding carboxylic acids is 1. The van der Waals surface area contributed by atoms with E-state index in [2.05, 4.69) is 36.8 Å². The SMILES string of the molecule is NC(=O)CN1CC[C@H]2[C@@H](C1)C2(Br)Br. The van der Waals surface area contributed by atoms with Gasteiger partial charge in [0.1, 0.15) is 0 Å². The highest BCUT2D eigenvalue weighted by atomic mass is 79.9. The quantitative estimate of drug-likeness (QED) is 0.771. The van der Waals surface area contributed by atoms with Crippen LogP contribution in [0.2, 0.25) is 0 Å². The second kappa shape index (κ2) is 3.21. The van der Waals surface area contributed by atoms with Gasteiger partial charge in [0.15, 0.2) is 0 Å². The highest BCUT2D eigenvalue weighted by molar-refractivity contribution is 9.25. The molecule has 0 aromatic carbocycles. The number of likely N-dealkylation sites (tertiary alicyclic amines) is 1. The predicted molar refractivity (Wildman–Crippen MR) is 57.8 cm³/mol. The van der Waals surface area contributed by atoms with Crippen molar-refractivity contribution in [3.63, 3.8) is 0 Å². The Kier molecular flexibility index (Phi) is 2.45. The minimum absolute atomic E-state index is 0.145. The minimum atomic E-state index is -0.228. The molecule has 74 valence electrons. The molecule has 2 rings (SSSR count). The van der Waals surface area contributed by atoms with Crippen LogP contribution < -0.4 is 5.73 Å². The van der Waals surface area contributed by atoms with E-state index in [1.165, 1.54) is 0 Å². The third-order valence-electron chi connectivity index (χ3n) is 2.96. The Bertz CT molecular complexity index is 244. The summed E-state index contributed by atoms with van der Waals surface area (Å²) >= 11 is 7.29. The molecule has 2 atom stereocenters. The van der Waals surface area contributed by atoms with Gasteiger partial charge in [0.2, 0.25) is 5.91 Å². The van der Waals surface area contributed by atoms with E-state index < -0.39 is 0 Å². The Morgan fingerprint density at radius 1 is 1.54 bits per heavy atom. The van der Waals surface area contributed by atoms with Crippen molar-refractivity contribution >= 4 is 37.8 Å². The Morgan fingerprint density at radius 2 is 2.23 bits per heavy atom. The molecule has 1 heterocycles. The van der Waals surface area contributed by atoms with Crippen molar-refractivity contribution < 1.29 is 4.79 Å². The van der Waals surface area contributed by atoms with Crippen LogP contribution in [0, 0.1) is 11.8 Å². The van der Waals surface area contributed by atoms with Gasteiger partial charge in [-0.2, -0.15) is 0 Å². The average molecular weight is 312 g/mol. The van der Waals surface area contributed by atoms with Crippen LogP contribution in [0.1, 0.15) is 6.42 Å². The lowest BCUT2D eigenvalue weighted by Gasteiger charge is -2.23. The number of nitrogens with two attached hydrogens (primary N) is 1. The number of rotatable bonds is 2. The molecule has 2 aliphatic rings. The lowest BCUT2D eigenvalue weighted by Crippen LogP contribution is -2.38. The number of alkyl halides is 2. The zero-order valence-corrected chi connectivity index (χ0v) is 10.3. The van der Waals surface area contributed by atoms with Gasteiger partial charge in [-0.15, -0.1) is 0 Å². The molecule has 1 aliphatic carbocycles. The normalized spacial score (nSPS) is 36.8. The van der Waals surface area contributed by atoms with Crippen LogP contribution in [0.15, 0.2) is 0 Å². The number of hydrogen-bond donors (Lipinski definition) is 1. The molecule has 0 aromatic heterocycles. The van der Waals surface area contributed by atoms with Gasteiger partial charge in [0, 0.05) is 12.5 Å². The molecule has 1 amide bonds. The van der Waals surface area contributed by atoms with E-state index in [0.717, 1.165) is 25.4 Å².